The molecule has 1 aromatic heterocycles. The van der Waals surface area contributed by atoms with Gasteiger partial charge >= 0.3 is 6.18 Å². The third-order valence-electron chi connectivity index (χ3n) is 2.49. The molecule has 0 spiro atoms. The molecule has 1 amide bonds. The van der Waals surface area contributed by atoms with Gasteiger partial charge in [0.15, 0.2) is 6.61 Å². The Hall–Kier alpha value is -2.02. The zero-order valence-corrected chi connectivity index (χ0v) is 11.8. The van der Waals surface area contributed by atoms with Gasteiger partial charge in [0.05, 0.1) is 10.6 Å². The van der Waals surface area contributed by atoms with E-state index in [1.54, 1.807) is 18.2 Å². The molecule has 0 fully saturated rings. The minimum atomic E-state index is -4.43. The van der Waals surface area contributed by atoms with Crippen LogP contribution in [0.25, 0.3) is 0 Å². The van der Waals surface area contributed by atoms with Crippen LogP contribution in [0.3, 0.4) is 0 Å². The van der Waals surface area contributed by atoms with E-state index in [1.165, 1.54) is 29.5 Å². The Morgan fingerprint density at radius 1 is 1.24 bits per heavy atom. The Bertz CT molecular complexity index is 637. The monoisotopic (exact) mass is 315 g/mol. The zero-order chi connectivity index (χ0) is 15.5. The fourth-order valence-corrected chi connectivity index (χ4v) is 2.36. The minimum Gasteiger partial charge on any atom is -0.482 e. The van der Waals surface area contributed by atoms with Crippen LogP contribution in [0, 0.1) is 6.92 Å². The number of hydrogen-bond donors (Lipinski definition) is 1. The van der Waals surface area contributed by atoms with E-state index in [9.17, 15) is 18.0 Å². The quantitative estimate of drug-likeness (QED) is 0.916. The highest BCUT2D eigenvalue weighted by Gasteiger charge is 2.28. The highest BCUT2D eigenvalue weighted by atomic mass is 32.1. The van der Waals surface area contributed by atoms with Gasteiger partial charge in [0.1, 0.15) is 5.75 Å². The van der Waals surface area contributed by atoms with Gasteiger partial charge in [-0.2, -0.15) is 13.2 Å². The van der Waals surface area contributed by atoms with E-state index in [2.05, 4.69) is 5.32 Å². The van der Waals surface area contributed by atoms with E-state index < -0.39 is 12.8 Å². The average Bonchev–Trinajstić information content (AvgIpc) is 2.83. The number of nitrogens with one attached hydrogen (secondary N) is 1. The van der Waals surface area contributed by atoms with Crippen molar-refractivity contribution < 1.29 is 22.7 Å². The highest BCUT2D eigenvalue weighted by Crippen LogP contribution is 2.27. The number of thiophene rings is 1. The summed E-state index contributed by atoms with van der Waals surface area (Å²) in [7, 11) is 0. The largest absolute Gasteiger partial charge is 0.482 e. The molecule has 1 aromatic carbocycles. The fourth-order valence-electron chi connectivity index (χ4n) is 1.60. The molecular formula is C14H12F3NO2S. The molecule has 0 aliphatic heterocycles. The summed E-state index contributed by atoms with van der Waals surface area (Å²) in [6.45, 7) is 0.458. The summed E-state index contributed by atoms with van der Waals surface area (Å²) in [6, 6.07) is 9.47. The van der Waals surface area contributed by atoms with Gasteiger partial charge < -0.3 is 10.1 Å². The topological polar surface area (TPSA) is 38.3 Å². The predicted molar refractivity (Wildman–Crippen MR) is 75.0 cm³/mol. The molecule has 0 aliphatic rings. The summed E-state index contributed by atoms with van der Waals surface area (Å²) >= 11 is 1.31. The molecule has 0 radical (unpaired) electrons. The summed E-state index contributed by atoms with van der Waals surface area (Å²) in [5, 5.41) is 2.56. The van der Waals surface area contributed by atoms with Crippen LogP contribution in [0.4, 0.5) is 18.9 Å². The molecular weight excluding hydrogens is 303 g/mol. The van der Waals surface area contributed by atoms with Gasteiger partial charge in [-0.3, -0.25) is 4.79 Å². The van der Waals surface area contributed by atoms with Crippen molar-refractivity contribution in [2.75, 3.05) is 11.9 Å². The number of aryl methyl sites for hydroxylation is 1. The minimum absolute atomic E-state index is 0.0172. The van der Waals surface area contributed by atoms with E-state index in [4.69, 9.17) is 4.74 Å². The van der Waals surface area contributed by atoms with E-state index in [0.717, 1.165) is 4.88 Å². The van der Waals surface area contributed by atoms with Crippen molar-refractivity contribution in [1.29, 1.82) is 0 Å². The van der Waals surface area contributed by atoms with Crippen LogP contribution in [-0.2, 0) is 0 Å². The van der Waals surface area contributed by atoms with E-state index in [-0.39, 0.29) is 17.3 Å². The van der Waals surface area contributed by atoms with Crippen molar-refractivity contribution in [3.8, 4) is 5.75 Å². The van der Waals surface area contributed by atoms with Crippen molar-refractivity contribution in [1.82, 2.24) is 0 Å². The Kier molecular flexibility index (Phi) is 4.52. The second-order valence-electron chi connectivity index (χ2n) is 4.26. The summed E-state index contributed by atoms with van der Waals surface area (Å²) in [6.07, 6.45) is -4.43. The van der Waals surface area contributed by atoms with Crippen molar-refractivity contribution in [2.45, 2.75) is 13.1 Å². The van der Waals surface area contributed by atoms with Gasteiger partial charge in [0.25, 0.3) is 5.91 Å². The molecule has 21 heavy (non-hydrogen) atoms. The van der Waals surface area contributed by atoms with Crippen LogP contribution >= 0.6 is 11.3 Å². The van der Waals surface area contributed by atoms with E-state index in [0.29, 0.717) is 4.88 Å². The smallest absolute Gasteiger partial charge is 0.422 e. The summed E-state index contributed by atoms with van der Waals surface area (Å²) in [5.41, 5.74) is 0.206. The second kappa shape index (κ2) is 6.17. The van der Waals surface area contributed by atoms with Crippen LogP contribution in [0.5, 0.6) is 5.75 Å². The molecule has 1 heterocycles. The Labute approximate surface area is 123 Å². The third-order valence-corrected chi connectivity index (χ3v) is 3.49. The number of amides is 1. The van der Waals surface area contributed by atoms with Gasteiger partial charge in [-0.25, -0.2) is 0 Å². The lowest BCUT2D eigenvalue weighted by molar-refractivity contribution is -0.153. The first-order chi connectivity index (χ1) is 9.85. The molecule has 2 aromatic rings. The lowest BCUT2D eigenvalue weighted by atomic mass is 10.3. The number of carbonyl (C=O) groups is 1. The molecule has 112 valence electrons. The predicted octanol–water partition coefficient (Wildman–Crippen LogP) is 4.25. The number of anilines is 1. The molecule has 2 rings (SSSR count). The fraction of sp³-hybridized carbons (Fsp3) is 0.214. The first-order valence-corrected chi connectivity index (χ1v) is 6.83. The molecule has 3 nitrogen and oxygen atoms in total. The number of hydrogen-bond acceptors (Lipinski definition) is 3. The standard InChI is InChI=1S/C14H12F3NO2S/c1-9-6-7-12(21-9)13(19)18-10-4-2-3-5-11(10)20-8-14(15,16)17/h2-7H,8H2,1H3,(H,18,19). The van der Waals surface area contributed by atoms with Crippen LogP contribution in [-0.4, -0.2) is 18.7 Å². The summed E-state index contributed by atoms with van der Waals surface area (Å²) < 4.78 is 41.3. The molecule has 1 N–H and O–H groups in total. The van der Waals surface area contributed by atoms with Crippen LogP contribution < -0.4 is 10.1 Å². The average molecular weight is 315 g/mol. The Morgan fingerprint density at radius 3 is 2.57 bits per heavy atom. The first kappa shape index (κ1) is 15.4. The SMILES string of the molecule is Cc1ccc(C(=O)Nc2ccccc2OCC(F)(F)F)s1. The van der Waals surface area contributed by atoms with Crippen LogP contribution in [0.2, 0.25) is 0 Å². The zero-order valence-electron chi connectivity index (χ0n) is 11.0. The van der Waals surface area contributed by atoms with Gasteiger partial charge in [-0.1, -0.05) is 12.1 Å². The van der Waals surface area contributed by atoms with Crippen LogP contribution in [0.1, 0.15) is 14.5 Å². The molecule has 0 saturated carbocycles. The number of rotatable bonds is 4. The normalized spacial score (nSPS) is 11.2. The van der Waals surface area contributed by atoms with Crippen molar-refractivity contribution in [3.05, 3.63) is 46.2 Å². The van der Waals surface area contributed by atoms with Crippen molar-refractivity contribution in [2.24, 2.45) is 0 Å². The highest BCUT2D eigenvalue weighted by molar-refractivity contribution is 7.14. The van der Waals surface area contributed by atoms with Gasteiger partial charge in [-0.05, 0) is 31.2 Å². The second-order valence-corrected chi connectivity index (χ2v) is 5.55. The van der Waals surface area contributed by atoms with Crippen molar-refractivity contribution in [3.63, 3.8) is 0 Å². The molecule has 0 bridgehead atoms. The number of halogens is 3. The number of para-hydroxylation sites is 2. The van der Waals surface area contributed by atoms with Crippen molar-refractivity contribution >= 4 is 22.9 Å². The van der Waals surface area contributed by atoms with E-state index >= 15 is 0 Å². The van der Waals surface area contributed by atoms with Gasteiger partial charge in [0, 0.05) is 4.88 Å². The third kappa shape index (κ3) is 4.49. The lowest BCUT2D eigenvalue weighted by Crippen LogP contribution is -2.20. The van der Waals surface area contributed by atoms with Gasteiger partial charge in [-0.15, -0.1) is 11.3 Å². The Balaban J connectivity index is 2.11. The number of ether oxygens (including phenoxy) is 1. The molecule has 7 heteroatoms. The maximum Gasteiger partial charge on any atom is 0.422 e. The number of alkyl halides is 3. The number of carbonyl (C=O) groups excluding carboxylic acids is 1. The Morgan fingerprint density at radius 2 is 1.95 bits per heavy atom. The summed E-state index contributed by atoms with van der Waals surface area (Å²) in [5.74, 6) is -0.396. The lowest BCUT2D eigenvalue weighted by Gasteiger charge is -2.13. The first-order valence-electron chi connectivity index (χ1n) is 6.01. The van der Waals surface area contributed by atoms with E-state index in [1.807, 2.05) is 6.92 Å². The molecule has 0 atom stereocenters. The maximum atomic E-state index is 12.2. The van der Waals surface area contributed by atoms with Gasteiger partial charge in [0.2, 0.25) is 0 Å². The molecule has 0 unspecified atom stereocenters. The summed E-state index contributed by atoms with van der Waals surface area (Å²) in [4.78, 5) is 13.5. The maximum absolute atomic E-state index is 12.2. The molecule has 0 saturated heterocycles. The molecule has 0 aliphatic carbocycles. The number of benzene rings is 1. The van der Waals surface area contributed by atoms with Crippen LogP contribution in [0.15, 0.2) is 36.4 Å².